The number of amides is 2. The number of nitrogens with zero attached hydrogens (tertiary/aromatic N) is 1. The molecule has 2 amide bonds. The van der Waals surface area contributed by atoms with Crippen LogP contribution in [0.3, 0.4) is 0 Å². The van der Waals surface area contributed by atoms with Gasteiger partial charge in [0.1, 0.15) is 0 Å². The van der Waals surface area contributed by atoms with Crippen LogP contribution in [0.4, 0.5) is 0 Å². The molecule has 2 fully saturated rings. The van der Waals surface area contributed by atoms with Crippen molar-refractivity contribution in [2.45, 2.75) is 62.5 Å². The van der Waals surface area contributed by atoms with E-state index >= 15 is 0 Å². The summed E-state index contributed by atoms with van der Waals surface area (Å²) >= 11 is 0. The average molecular weight is 438 g/mol. The first-order valence-electron chi connectivity index (χ1n) is 10.6. The van der Waals surface area contributed by atoms with E-state index in [-0.39, 0.29) is 23.6 Å². The van der Waals surface area contributed by atoms with Crippen molar-refractivity contribution >= 4 is 21.8 Å². The number of aryl methyl sites for hydroxylation is 1. The molecule has 0 aliphatic carbocycles. The molecule has 166 valence electrons. The highest BCUT2D eigenvalue weighted by Gasteiger charge is 2.33. The predicted molar refractivity (Wildman–Crippen MR) is 112 cm³/mol. The summed E-state index contributed by atoms with van der Waals surface area (Å²) in [5, 5.41) is 5.20. The zero-order valence-corrected chi connectivity index (χ0v) is 18.2. The van der Waals surface area contributed by atoms with Gasteiger partial charge in [-0.1, -0.05) is 24.1 Å². The zero-order chi connectivity index (χ0) is 21.6. The highest BCUT2D eigenvalue weighted by Crippen LogP contribution is 2.27. The van der Waals surface area contributed by atoms with E-state index in [9.17, 15) is 18.0 Å². The van der Waals surface area contributed by atoms with Crippen LogP contribution in [0.1, 0.15) is 44.1 Å². The Hall–Kier alpha value is -1.97. The minimum absolute atomic E-state index is 0.0236. The Kier molecular flexibility index (Phi) is 7.85. The lowest BCUT2D eigenvalue weighted by molar-refractivity contribution is -0.139. The van der Waals surface area contributed by atoms with Crippen LogP contribution in [0.25, 0.3) is 0 Å². The second kappa shape index (κ2) is 10.4. The average Bonchev–Trinajstić information content (AvgIpc) is 3.26. The Morgan fingerprint density at radius 3 is 2.50 bits per heavy atom. The number of piperidine rings is 1. The molecule has 2 atom stereocenters. The highest BCUT2D eigenvalue weighted by molar-refractivity contribution is 7.89. The third kappa shape index (κ3) is 5.80. The van der Waals surface area contributed by atoms with Gasteiger partial charge < -0.3 is 15.4 Å². The fourth-order valence-electron chi connectivity index (χ4n) is 3.95. The van der Waals surface area contributed by atoms with Gasteiger partial charge in [0.15, 0.2) is 0 Å². The quantitative estimate of drug-likeness (QED) is 0.627. The second-order valence-corrected chi connectivity index (χ2v) is 9.86. The summed E-state index contributed by atoms with van der Waals surface area (Å²) in [6.07, 6.45) is 4.80. The molecule has 0 bridgehead atoms. The number of benzene rings is 1. The number of hydrogen-bond acceptors (Lipinski definition) is 5. The van der Waals surface area contributed by atoms with Gasteiger partial charge in [-0.3, -0.25) is 9.59 Å². The first kappa shape index (κ1) is 22.7. The van der Waals surface area contributed by atoms with Crippen molar-refractivity contribution in [2.24, 2.45) is 0 Å². The Morgan fingerprint density at radius 1 is 1.07 bits per heavy atom. The third-order valence-corrected chi connectivity index (χ3v) is 7.65. The number of rotatable bonds is 7. The maximum atomic E-state index is 13.1. The van der Waals surface area contributed by atoms with Crippen LogP contribution >= 0.6 is 0 Å². The van der Waals surface area contributed by atoms with Gasteiger partial charge in [0.2, 0.25) is 10.0 Å². The smallest absolute Gasteiger partial charge is 0.309 e. The zero-order valence-electron chi connectivity index (χ0n) is 17.4. The summed E-state index contributed by atoms with van der Waals surface area (Å²) in [6, 6.07) is 6.66. The van der Waals surface area contributed by atoms with E-state index in [1.807, 2.05) is 6.92 Å². The lowest BCUT2D eigenvalue weighted by Crippen LogP contribution is -2.47. The summed E-state index contributed by atoms with van der Waals surface area (Å²) < 4.78 is 33.1. The molecule has 1 aromatic rings. The van der Waals surface area contributed by atoms with E-state index in [1.165, 1.54) is 0 Å². The van der Waals surface area contributed by atoms with E-state index < -0.39 is 21.8 Å². The molecule has 1 aromatic carbocycles. The molecule has 0 aromatic heterocycles. The van der Waals surface area contributed by atoms with Crippen molar-refractivity contribution in [3.05, 3.63) is 29.8 Å². The number of ether oxygens (including phenoxy) is 1. The molecule has 2 aliphatic heterocycles. The molecule has 3 rings (SSSR count). The summed E-state index contributed by atoms with van der Waals surface area (Å²) in [7, 11) is -3.59. The third-order valence-electron chi connectivity index (χ3n) is 5.68. The van der Waals surface area contributed by atoms with Gasteiger partial charge in [0, 0.05) is 32.3 Å². The molecule has 0 spiro atoms. The van der Waals surface area contributed by atoms with Crippen LogP contribution in [0.5, 0.6) is 0 Å². The van der Waals surface area contributed by atoms with Crippen LogP contribution in [0, 0.1) is 6.92 Å². The highest BCUT2D eigenvalue weighted by atomic mass is 32.2. The summed E-state index contributed by atoms with van der Waals surface area (Å²) in [6.45, 7) is 3.65. The molecule has 9 heteroatoms. The van der Waals surface area contributed by atoms with E-state index in [0.29, 0.717) is 26.1 Å². The van der Waals surface area contributed by atoms with Crippen molar-refractivity contribution in [3.63, 3.8) is 0 Å². The molecular weight excluding hydrogens is 406 g/mol. The van der Waals surface area contributed by atoms with Crippen molar-refractivity contribution in [1.82, 2.24) is 14.9 Å². The second-order valence-electron chi connectivity index (χ2n) is 7.97. The fourth-order valence-corrected chi connectivity index (χ4v) is 5.67. The van der Waals surface area contributed by atoms with Gasteiger partial charge in [-0.05, 0) is 51.2 Å². The molecule has 0 unspecified atom stereocenters. The van der Waals surface area contributed by atoms with Gasteiger partial charge in [-0.25, -0.2) is 8.42 Å². The largest absolute Gasteiger partial charge is 0.376 e. The maximum absolute atomic E-state index is 13.1. The molecule has 0 radical (unpaired) electrons. The molecule has 2 aliphatic rings. The lowest BCUT2D eigenvalue weighted by Gasteiger charge is -2.34. The fraction of sp³-hybridized carbons (Fsp3) is 0.619. The molecular formula is C21H31N3O5S. The summed E-state index contributed by atoms with van der Waals surface area (Å²) in [4.78, 5) is 24.2. The molecule has 2 heterocycles. The summed E-state index contributed by atoms with van der Waals surface area (Å²) in [5.41, 5.74) is 1.00. The van der Waals surface area contributed by atoms with Crippen LogP contribution in [-0.4, -0.2) is 62.9 Å². The lowest BCUT2D eigenvalue weighted by atomic mass is 10.0. The van der Waals surface area contributed by atoms with Crippen LogP contribution in [-0.2, 0) is 24.3 Å². The van der Waals surface area contributed by atoms with Gasteiger partial charge in [0.25, 0.3) is 0 Å². The van der Waals surface area contributed by atoms with Gasteiger partial charge in [-0.15, -0.1) is 0 Å². The number of hydrogen-bond donors (Lipinski definition) is 2. The van der Waals surface area contributed by atoms with Gasteiger partial charge in [0.05, 0.1) is 11.0 Å². The first-order valence-corrected chi connectivity index (χ1v) is 12.1. The Bertz CT molecular complexity index is 835. The normalized spacial score (nSPS) is 22.6. The van der Waals surface area contributed by atoms with Crippen molar-refractivity contribution in [3.8, 4) is 0 Å². The van der Waals surface area contributed by atoms with Crippen LogP contribution in [0.15, 0.2) is 29.2 Å². The van der Waals surface area contributed by atoms with E-state index in [1.54, 1.807) is 28.6 Å². The molecule has 2 N–H and O–H groups in total. The van der Waals surface area contributed by atoms with E-state index in [2.05, 4.69) is 10.6 Å². The molecule has 8 nitrogen and oxygen atoms in total. The Balaban J connectivity index is 1.51. The van der Waals surface area contributed by atoms with Crippen LogP contribution < -0.4 is 10.6 Å². The molecule has 2 saturated heterocycles. The molecule has 0 saturated carbocycles. The number of nitrogens with one attached hydrogen (secondary N) is 2. The molecule has 30 heavy (non-hydrogen) atoms. The van der Waals surface area contributed by atoms with Crippen molar-refractivity contribution < 1.29 is 22.7 Å². The standard InChI is InChI=1S/C21H31N3O5S/c1-16-7-9-19(10-8-16)30(27,28)24-13-3-2-5-17(24)11-12-22-20(25)21(26)23-15-18-6-4-14-29-18/h7-10,17-18H,2-6,11-15H2,1H3,(H,22,25)(H,23,26)/t17-,18-/m1/s1. The van der Waals surface area contributed by atoms with Gasteiger partial charge >= 0.3 is 11.8 Å². The number of carbonyl (C=O) groups excluding carboxylic acids is 2. The maximum Gasteiger partial charge on any atom is 0.309 e. The van der Waals surface area contributed by atoms with Crippen LogP contribution in [0.2, 0.25) is 0 Å². The monoisotopic (exact) mass is 437 g/mol. The van der Waals surface area contributed by atoms with E-state index in [4.69, 9.17) is 4.74 Å². The minimum atomic E-state index is -3.59. The van der Waals surface area contributed by atoms with E-state index in [0.717, 1.165) is 37.7 Å². The summed E-state index contributed by atoms with van der Waals surface area (Å²) in [5.74, 6) is -1.38. The minimum Gasteiger partial charge on any atom is -0.376 e. The SMILES string of the molecule is Cc1ccc(S(=O)(=O)N2CCCC[C@@H]2CCNC(=O)C(=O)NC[C@H]2CCCO2)cc1. The number of sulfonamides is 1. The van der Waals surface area contributed by atoms with Gasteiger partial charge in [-0.2, -0.15) is 4.31 Å². The predicted octanol–water partition coefficient (Wildman–Crippen LogP) is 1.34. The topological polar surface area (TPSA) is 105 Å². The number of carbonyl (C=O) groups is 2. The first-order chi connectivity index (χ1) is 14.4. The Morgan fingerprint density at radius 2 is 1.80 bits per heavy atom. The Labute approximate surface area is 178 Å². The van der Waals surface area contributed by atoms with Crippen molar-refractivity contribution in [1.29, 1.82) is 0 Å². The van der Waals surface area contributed by atoms with Crippen molar-refractivity contribution in [2.75, 3.05) is 26.2 Å².